The van der Waals surface area contributed by atoms with Gasteiger partial charge in [0.15, 0.2) is 5.78 Å². The fourth-order valence-corrected chi connectivity index (χ4v) is 3.49. The highest BCUT2D eigenvalue weighted by atomic mass is 16.1. The van der Waals surface area contributed by atoms with Gasteiger partial charge < -0.3 is 0 Å². The van der Waals surface area contributed by atoms with Gasteiger partial charge in [-0.25, -0.2) is 0 Å². The highest BCUT2D eigenvalue weighted by Crippen LogP contribution is 2.33. The Morgan fingerprint density at radius 1 is 0.909 bits per heavy atom. The van der Waals surface area contributed by atoms with Crippen LogP contribution >= 0.6 is 0 Å². The number of carbonyl (C=O) groups excluding carboxylic acids is 1. The zero-order valence-electron chi connectivity index (χ0n) is 12.7. The summed E-state index contributed by atoms with van der Waals surface area (Å²) in [5, 5.41) is 2.41. The number of benzene rings is 3. The van der Waals surface area contributed by atoms with Gasteiger partial charge in [-0.05, 0) is 46.7 Å². The Morgan fingerprint density at radius 3 is 2.36 bits per heavy atom. The van der Waals surface area contributed by atoms with Crippen LogP contribution in [0.3, 0.4) is 0 Å². The number of carbonyl (C=O) groups is 1. The predicted molar refractivity (Wildman–Crippen MR) is 90.6 cm³/mol. The van der Waals surface area contributed by atoms with Crippen molar-refractivity contribution in [2.75, 3.05) is 0 Å². The van der Waals surface area contributed by atoms with E-state index in [0.29, 0.717) is 0 Å². The first-order valence-electron chi connectivity index (χ1n) is 7.95. The molecule has 1 aliphatic rings. The molecule has 0 atom stereocenters. The Balaban J connectivity index is 1.85. The SMILES string of the molecule is CCc1ccc(C(=O)c2ccc3c4c(cccc24)CC3)cc1. The van der Waals surface area contributed by atoms with Crippen LogP contribution in [0.5, 0.6) is 0 Å². The second-order valence-electron chi connectivity index (χ2n) is 5.99. The third-order valence-corrected chi connectivity index (χ3v) is 4.75. The molecule has 0 bridgehead atoms. The molecule has 0 aromatic heterocycles. The Hall–Kier alpha value is -2.41. The average Bonchev–Trinajstić information content (AvgIpc) is 3.00. The summed E-state index contributed by atoms with van der Waals surface area (Å²) in [5.74, 6) is 0.123. The maximum Gasteiger partial charge on any atom is 0.193 e. The Kier molecular flexibility index (Phi) is 3.07. The summed E-state index contributed by atoms with van der Waals surface area (Å²) in [6, 6.07) is 18.5. The van der Waals surface area contributed by atoms with E-state index in [-0.39, 0.29) is 5.78 Å². The molecule has 0 unspecified atom stereocenters. The van der Waals surface area contributed by atoms with Crippen molar-refractivity contribution in [3.63, 3.8) is 0 Å². The van der Waals surface area contributed by atoms with E-state index in [1.165, 1.54) is 22.1 Å². The highest BCUT2D eigenvalue weighted by molar-refractivity contribution is 6.17. The highest BCUT2D eigenvalue weighted by Gasteiger charge is 2.19. The molecule has 1 aliphatic carbocycles. The molecule has 0 aliphatic heterocycles. The lowest BCUT2D eigenvalue weighted by molar-refractivity contribution is 0.104. The van der Waals surface area contributed by atoms with Crippen LogP contribution < -0.4 is 0 Å². The van der Waals surface area contributed by atoms with Gasteiger partial charge in [0.25, 0.3) is 0 Å². The third kappa shape index (κ3) is 1.97. The number of hydrogen-bond donors (Lipinski definition) is 0. The fraction of sp³-hybridized carbons (Fsp3) is 0.190. The smallest absolute Gasteiger partial charge is 0.193 e. The van der Waals surface area contributed by atoms with Crippen LogP contribution in [0.25, 0.3) is 10.8 Å². The topological polar surface area (TPSA) is 17.1 Å². The van der Waals surface area contributed by atoms with Crippen molar-refractivity contribution in [3.8, 4) is 0 Å². The molecule has 3 aromatic rings. The standard InChI is InChI=1S/C21H18O/c1-2-14-6-8-17(9-7-14)21(22)19-13-12-16-11-10-15-4-3-5-18(19)20(15)16/h3-9,12-13H,2,10-11H2,1H3. The molecule has 0 saturated carbocycles. The molecule has 22 heavy (non-hydrogen) atoms. The van der Waals surface area contributed by atoms with Crippen LogP contribution in [0.4, 0.5) is 0 Å². The Bertz CT molecular complexity index is 862. The first-order chi connectivity index (χ1) is 10.8. The van der Waals surface area contributed by atoms with E-state index < -0.39 is 0 Å². The van der Waals surface area contributed by atoms with Gasteiger partial charge in [-0.15, -0.1) is 0 Å². The Morgan fingerprint density at radius 2 is 1.64 bits per heavy atom. The second-order valence-corrected chi connectivity index (χ2v) is 5.99. The monoisotopic (exact) mass is 286 g/mol. The van der Waals surface area contributed by atoms with Gasteiger partial charge >= 0.3 is 0 Å². The number of aryl methyl sites for hydroxylation is 3. The summed E-state index contributed by atoms with van der Waals surface area (Å²) in [7, 11) is 0. The van der Waals surface area contributed by atoms with Crippen LogP contribution in [0.2, 0.25) is 0 Å². The van der Waals surface area contributed by atoms with Gasteiger partial charge in [0.1, 0.15) is 0 Å². The van der Waals surface area contributed by atoms with Gasteiger partial charge in [0.05, 0.1) is 0 Å². The molecule has 0 heterocycles. The summed E-state index contributed by atoms with van der Waals surface area (Å²) < 4.78 is 0. The minimum Gasteiger partial charge on any atom is -0.289 e. The van der Waals surface area contributed by atoms with Gasteiger partial charge in [-0.2, -0.15) is 0 Å². The van der Waals surface area contributed by atoms with Crippen molar-refractivity contribution in [3.05, 3.63) is 82.4 Å². The van der Waals surface area contributed by atoms with Crippen molar-refractivity contribution >= 4 is 16.6 Å². The van der Waals surface area contributed by atoms with E-state index in [1.54, 1.807) is 0 Å². The maximum absolute atomic E-state index is 12.9. The first kappa shape index (κ1) is 13.3. The molecular weight excluding hydrogens is 268 g/mol. The molecule has 1 nitrogen and oxygen atoms in total. The van der Waals surface area contributed by atoms with E-state index in [2.05, 4.69) is 31.2 Å². The Labute approximate surface area is 130 Å². The van der Waals surface area contributed by atoms with Gasteiger partial charge in [0.2, 0.25) is 0 Å². The van der Waals surface area contributed by atoms with E-state index in [4.69, 9.17) is 0 Å². The quantitative estimate of drug-likeness (QED) is 0.636. The maximum atomic E-state index is 12.9. The van der Waals surface area contributed by atoms with Gasteiger partial charge in [0, 0.05) is 11.1 Å². The lowest BCUT2D eigenvalue weighted by atomic mass is 9.94. The van der Waals surface area contributed by atoms with Crippen LogP contribution in [-0.2, 0) is 19.3 Å². The van der Waals surface area contributed by atoms with Crippen molar-refractivity contribution in [1.29, 1.82) is 0 Å². The number of hydrogen-bond acceptors (Lipinski definition) is 1. The molecule has 4 rings (SSSR count). The normalized spacial score (nSPS) is 12.8. The van der Waals surface area contributed by atoms with Crippen LogP contribution in [0.15, 0.2) is 54.6 Å². The van der Waals surface area contributed by atoms with E-state index >= 15 is 0 Å². The summed E-state index contributed by atoms with van der Waals surface area (Å²) in [5.41, 5.74) is 5.62. The predicted octanol–water partition coefficient (Wildman–Crippen LogP) is 4.73. The molecule has 3 aromatic carbocycles. The molecule has 1 heteroatoms. The lowest BCUT2D eigenvalue weighted by Crippen LogP contribution is -2.03. The van der Waals surface area contributed by atoms with E-state index in [9.17, 15) is 4.79 Å². The first-order valence-corrected chi connectivity index (χ1v) is 7.95. The van der Waals surface area contributed by atoms with Crippen molar-refractivity contribution < 1.29 is 4.79 Å². The van der Waals surface area contributed by atoms with Gasteiger partial charge in [-0.1, -0.05) is 61.5 Å². The van der Waals surface area contributed by atoms with E-state index in [1.807, 2.05) is 30.3 Å². The zero-order valence-corrected chi connectivity index (χ0v) is 12.7. The van der Waals surface area contributed by atoms with E-state index in [0.717, 1.165) is 35.8 Å². The van der Waals surface area contributed by atoms with Crippen molar-refractivity contribution in [2.45, 2.75) is 26.2 Å². The second kappa shape index (κ2) is 5.10. The molecule has 0 N–H and O–H groups in total. The molecule has 108 valence electrons. The van der Waals surface area contributed by atoms with Crippen molar-refractivity contribution in [2.24, 2.45) is 0 Å². The summed E-state index contributed by atoms with van der Waals surface area (Å²) in [4.78, 5) is 12.9. The van der Waals surface area contributed by atoms with Crippen LogP contribution in [-0.4, -0.2) is 5.78 Å². The molecule has 0 saturated heterocycles. The summed E-state index contributed by atoms with van der Waals surface area (Å²) >= 11 is 0. The minimum absolute atomic E-state index is 0.123. The summed E-state index contributed by atoms with van der Waals surface area (Å²) in [6.45, 7) is 2.13. The minimum atomic E-state index is 0.123. The summed E-state index contributed by atoms with van der Waals surface area (Å²) in [6.07, 6.45) is 3.18. The van der Waals surface area contributed by atoms with Crippen molar-refractivity contribution in [1.82, 2.24) is 0 Å². The average molecular weight is 286 g/mol. The molecule has 0 radical (unpaired) electrons. The largest absolute Gasteiger partial charge is 0.289 e. The zero-order chi connectivity index (χ0) is 15.1. The fourth-order valence-electron chi connectivity index (χ4n) is 3.49. The van der Waals surface area contributed by atoms with Crippen LogP contribution in [0.1, 0.15) is 39.5 Å². The van der Waals surface area contributed by atoms with Gasteiger partial charge in [-0.3, -0.25) is 4.79 Å². The van der Waals surface area contributed by atoms with Crippen LogP contribution in [0, 0.1) is 0 Å². The molecular formula is C21H18O. The molecule has 0 spiro atoms. The molecule has 0 amide bonds. The lowest BCUT2D eigenvalue weighted by Gasteiger charge is -2.09. The number of ketones is 1. The number of rotatable bonds is 3. The molecule has 0 fully saturated rings. The third-order valence-electron chi connectivity index (χ3n) is 4.75.